The summed E-state index contributed by atoms with van der Waals surface area (Å²) >= 11 is 0. The lowest BCUT2D eigenvalue weighted by molar-refractivity contribution is 0.329. The SMILES string of the molecule is C1CN=C(CN2CCCNCC2)NC1. The van der Waals surface area contributed by atoms with Gasteiger partial charge in [-0.25, -0.2) is 0 Å². The van der Waals surface area contributed by atoms with Crippen LogP contribution in [-0.4, -0.2) is 56.5 Å². The van der Waals surface area contributed by atoms with E-state index < -0.39 is 0 Å². The lowest BCUT2D eigenvalue weighted by Crippen LogP contribution is -2.41. The highest BCUT2D eigenvalue weighted by Gasteiger charge is 2.12. The fourth-order valence-corrected chi connectivity index (χ4v) is 1.96. The summed E-state index contributed by atoms with van der Waals surface area (Å²) in [5.74, 6) is 1.19. The van der Waals surface area contributed by atoms with Gasteiger partial charge in [0.15, 0.2) is 0 Å². The zero-order chi connectivity index (χ0) is 9.64. The summed E-state index contributed by atoms with van der Waals surface area (Å²) in [6, 6.07) is 0. The minimum atomic E-state index is 1.01. The van der Waals surface area contributed by atoms with Crippen molar-refractivity contribution < 1.29 is 0 Å². The van der Waals surface area contributed by atoms with E-state index in [0.717, 1.165) is 39.3 Å². The first-order valence-electron chi connectivity index (χ1n) is 5.65. The summed E-state index contributed by atoms with van der Waals surface area (Å²) < 4.78 is 0. The Labute approximate surface area is 85.8 Å². The van der Waals surface area contributed by atoms with Crippen molar-refractivity contribution in [1.29, 1.82) is 0 Å². The molecule has 0 atom stereocenters. The van der Waals surface area contributed by atoms with Gasteiger partial charge in [0.2, 0.25) is 0 Å². The quantitative estimate of drug-likeness (QED) is 0.635. The molecule has 0 saturated carbocycles. The minimum absolute atomic E-state index is 1.01. The van der Waals surface area contributed by atoms with E-state index in [2.05, 4.69) is 20.5 Å². The van der Waals surface area contributed by atoms with Gasteiger partial charge in [0, 0.05) is 26.2 Å². The molecule has 0 spiro atoms. The number of rotatable bonds is 2. The Bertz CT molecular complexity index is 194. The van der Waals surface area contributed by atoms with Crippen molar-refractivity contribution in [2.75, 3.05) is 45.8 Å². The van der Waals surface area contributed by atoms with E-state index in [1.165, 1.54) is 25.2 Å². The molecule has 2 aliphatic rings. The third-order valence-electron chi connectivity index (χ3n) is 2.77. The normalized spacial score (nSPS) is 25.0. The summed E-state index contributed by atoms with van der Waals surface area (Å²) in [6.45, 7) is 7.76. The largest absolute Gasteiger partial charge is 0.373 e. The Morgan fingerprint density at radius 1 is 1.14 bits per heavy atom. The van der Waals surface area contributed by atoms with Crippen LogP contribution in [0.4, 0.5) is 0 Å². The molecule has 2 N–H and O–H groups in total. The molecule has 0 aromatic carbocycles. The topological polar surface area (TPSA) is 39.7 Å². The minimum Gasteiger partial charge on any atom is -0.373 e. The summed E-state index contributed by atoms with van der Waals surface area (Å²) in [4.78, 5) is 6.98. The van der Waals surface area contributed by atoms with Crippen LogP contribution in [-0.2, 0) is 0 Å². The second kappa shape index (κ2) is 5.32. The van der Waals surface area contributed by atoms with Crippen molar-refractivity contribution in [3.63, 3.8) is 0 Å². The molecule has 1 saturated heterocycles. The molecule has 80 valence electrons. The van der Waals surface area contributed by atoms with Gasteiger partial charge in [0.05, 0.1) is 6.54 Å². The number of nitrogens with zero attached hydrogens (tertiary/aromatic N) is 2. The molecule has 0 aromatic rings. The van der Waals surface area contributed by atoms with E-state index in [-0.39, 0.29) is 0 Å². The average molecular weight is 196 g/mol. The lowest BCUT2D eigenvalue weighted by atomic mass is 10.3. The van der Waals surface area contributed by atoms with Crippen LogP contribution in [0.1, 0.15) is 12.8 Å². The first-order chi connectivity index (χ1) is 6.95. The highest BCUT2D eigenvalue weighted by atomic mass is 15.2. The third-order valence-corrected chi connectivity index (χ3v) is 2.77. The molecule has 0 aromatic heterocycles. The number of aliphatic imine (C=N–C) groups is 1. The summed E-state index contributed by atoms with van der Waals surface area (Å²) in [6.07, 6.45) is 2.44. The van der Waals surface area contributed by atoms with Crippen molar-refractivity contribution in [2.24, 2.45) is 4.99 Å². The van der Waals surface area contributed by atoms with Crippen molar-refractivity contribution in [3.05, 3.63) is 0 Å². The number of hydrogen-bond acceptors (Lipinski definition) is 4. The summed E-state index contributed by atoms with van der Waals surface area (Å²) in [5.41, 5.74) is 0. The average Bonchev–Trinajstić information content (AvgIpc) is 2.48. The molecule has 0 radical (unpaired) electrons. The zero-order valence-electron chi connectivity index (χ0n) is 8.76. The molecular formula is C10H20N4. The molecule has 0 aliphatic carbocycles. The van der Waals surface area contributed by atoms with Crippen LogP contribution in [0.2, 0.25) is 0 Å². The second-order valence-corrected chi connectivity index (χ2v) is 3.99. The summed E-state index contributed by atoms with van der Waals surface area (Å²) in [5, 5.41) is 6.79. The fourth-order valence-electron chi connectivity index (χ4n) is 1.96. The molecule has 14 heavy (non-hydrogen) atoms. The maximum absolute atomic E-state index is 4.50. The van der Waals surface area contributed by atoms with E-state index in [4.69, 9.17) is 0 Å². The van der Waals surface area contributed by atoms with E-state index in [1.807, 2.05) is 0 Å². The van der Waals surface area contributed by atoms with Gasteiger partial charge in [-0.1, -0.05) is 0 Å². The molecule has 0 unspecified atom stereocenters. The number of amidine groups is 1. The van der Waals surface area contributed by atoms with Gasteiger partial charge in [0.1, 0.15) is 5.84 Å². The van der Waals surface area contributed by atoms with Crippen molar-refractivity contribution >= 4 is 5.84 Å². The molecule has 0 amide bonds. The maximum atomic E-state index is 4.50. The van der Waals surface area contributed by atoms with Crippen LogP contribution in [0.5, 0.6) is 0 Å². The first-order valence-corrected chi connectivity index (χ1v) is 5.65. The Kier molecular flexibility index (Phi) is 3.77. The van der Waals surface area contributed by atoms with E-state index in [9.17, 15) is 0 Å². The van der Waals surface area contributed by atoms with Gasteiger partial charge >= 0.3 is 0 Å². The first kappa shape index (κ1) is 9.93. The summed E-state index contributed by atoms with van der Waals surface area (Å²) in [7, 11) is 0. The van der Waals surface area contributed by atoms with Crippen LogP contribution < -0.4 is 10.6 Å². The Hall–Kier alpha value is -0.610. The Morgan fingerprint density at radius 2 is 2.14 bits per heavy atom. The predicted octanol–water partition coefficient (Wildman–Crippen LogP) is -0.326. The van der Waals surface area contributed by atoms with Crippen molar-refractivity contribution in [3.8, 4) is 0 Å². The molecule has 2 rings (SSSR count). The van der Waals surface area contributed by atoms with E-state index >= 15 is 0 Å². The van der Waals surface area contributed by atoms with Gasteiger partial charge in [0.25, 0.3) is 0 Å². The maximum Gasteiger partial charge on any atom is 0.111 e. The molecule has 4 nitrogen and oxygen atoms in total. The smallest absolute Gasteiger partial charge is 0.111 e. The molecular weight excluding hydrogens is 176 g/mol. The van der Waals surface area contributed by atoms with Crippen LogP contribution in [0.3, 0.4) is 0 Å². The van der Waals surface area contributed by atoms with Gasteiger partial charge < -0.3 is 10.6 Å². The monoisotopic (exact) mass is 196 g/mol. The highest BCUT2D eigenvalue weighted by Crippen LogP contribution is 1.97. The van der Waals surface area contributed by atoms with Gasteiger partial charge in [-0.3, -0.25) is 9.89 Å². The van der Waals surface area contributed by atoms with Gasteiger partial charge in [-0.05, 0) is 25.9 Å². The molecule has 2 heterocycles. The second-order valence-electron chi connectivity index (χ2n) is 3.99. The van der Waals surface area contributed by atoms with Crippen LogP contribution in [0, 0.1) is 0 Å². The van der Waals surface area contributed by atoms with E-state index in [0.29, 0.717) is 0 Å². The predicted molar refractivity (Wildman–Crippen MR) is 58.8 cm³/mol. The van der Waals surface area contributed by atoms with Crippen LogP contribution >= 0.6 is 0 Å². The number of hydrogen-bond donors (Lipinski definition) is 2. The number of nitrogens with one attached hydrogen (secondary N) is 2. The van der Waals surface area contributed by atoms with Crippen LogP contribution in [0.25, 0.3) is 0 Å². The van der Waals surface area contributed by atoms with Crippen LogP contribution in [0.15, 0.2) is 4.99 Å². The molecule has 1 fully saturated rings. The molecule has 2 aliphatic heterocycles. The van der Waals surface area contributed by atoms with Crippen molar-refractivity contribution in [2.45, 2.75) is 12.8 Å². The Balaban J connectivity index is 1.79. The molecule has 0 bridgehead atoms. The van der Waals surface area contributed by atoms with E-state index in [1.54, 1.807) is 0 Å². The third kappa shape index (κ3) is 2.96. The fraction of sp³-hybridized carbons (Fsp3) is 0.900. The highest BCUT2D eigenvalue weighted by molar-refractivity contribution is 5.84. The Morgan fingerprint density at radius 3 is 3.00 bits per heavy atom. The lowest BCUT2D eigenvalue weighted by Gasteiger charge is -2.23. The molecule has 4 heteroatoms. The van der Waals surface area contributed by atoms with Crippen molar-refractivity contribution in [1.82, 2.24) is 15.5 Å². The standard InChI is InChI=1S/C10H20N4/c1-4-12-10(13-5-1)9-14-7-2-3-11-6-8-14/h11H,1-9H2,(H,12,13). The zero-order valence-corrected chi connectivity index (χ0v) is 8.76. The van der Waals surface area contributed by atoms with Gasteiger partial charge in [-0.2, -0.15) is 0 Å². The van der Waals surface area contributed by atoms with Gasteiger partial charge in [-0.15, -0.1) is 0 Å².